The fourth-order valence-corrected chi connectivity index (χ4v) is 1.26. The smallest absolute Gasteiger partial charge is 0.334 e. The van der Waals surface area contributed by atoms with Gasteiger partial charge in [0.15, 0.2) is 0 Å². The maximum absolute atomic E-state index is 11.5. The second-order valence-corrected chi connectivity index (χ2v) is 3.35. The van der Waals surface area contributed by atoms with Gasteiger partial charge in [-0.3, -0.25) is 0 Å². The minimum atomic E-state index is -0.465. The van der Waals surface area contributed by atoms with Crippen molar-refractivity contribution in [2.24, 2.45) is 5.92 Å². The summed E-state index contributed by atoms with van der Waals surface area (Å²) < 4.78 is 9.62. The van der Waals surface area contributed by atoms with E-state index in [1.807, 2.05) is 0 Å². The molecule has 0 aromatic heterocycles. The summed E-state index contributed by atoms with van der Waals surface area (Å²) in [5.74, 6) is -0.672. The highest BCUT2D eigenvalue weighted by Gasteiger charge is 2.32. The van der Waals surface area contributed by atoms with Crippen molar-refractivity contribution in [1.82, 2.24) is 0 Å². The Kier molecular flexibility index (Phi) is 4.34. The van der Waals surface area contributed by atoms with Crippen LogP contribution in [0.2, 0.25) is 0 Å². The van der Waals surface area contributed by atoms with Crippen molar-refractivity contribution >= 4 is 11.9 Å². The third kappa shape index (κ3) is 3.73. The van der Waals surface area contributed by atoms with Crippen LogP contribution in [0.1, 0.15) is 26.7 Å². The lowest BCUT2D eigenvalue weighted by molar-refractivity contribution is -0.141. The molecule has 0 saturated heterocycles. The van der Waals surface area contributed by atoms with Gasteiger partial charge in [0.05, 0.1) is 13.2 Å². The van der Waals surface area contributed by atoms with E-state index in [2.05, 4.69) is 0 Å². The number of rotatable bonds is 5. The van der Waals surface area contributed by atoms with Crippen LogP contribution in [-0.2, 0) is 19.1 Å². The van der Waals surface area contributed by atoms with Crippen LogP contribution in [0.5, 0.6) is 0 Å². The lowest BCUT2D eigenvalue weighted by Gasteiger charge is -2.05. The second kappa shape index (κ2) is 5.53. The van der Waals surface area contributed by atoms with Crippen LogP contribution in [0.4, 0.5) is 0 Å². The lowest BCUT2D eigenvalue weighted by Crippen LogP contribution is -2.12. The molecule has 0 atom stereocenters. The molecule has 0 aromatic rings. The molecule has 1 rings (SSSR count). The highest BCUT2D eigenvalue weighted by molar-refractivity contribution is 5.97. The second-order valence-electron chi connectivity index (χ2n) is 3.35. The molecule has 0 spiro atoms. The van der Waals surface area contributed by atoms with E-state index >= 15 is 0 Å². The summed E-state index contributed by atoms with van der Waals surface area (Å²) in [5, 5.41) is 0. The minimum Gasteiger partial charge on any atom is -0.463 e. The van der Waals surface area contributed by atoms with E-state index in [1.165, 1.54) is 6.08 Å². The Balaban J connectivity index is 2.64. The summed E-state index contributed by atoms with van der Waals surface area (Å²) in [4.78, 5) is 22.7. The summed E-state index contributed by atoms with van der Waals surface area (Å²) in [6, 6.07) is 0. The number of hydrogen-bond acceptors (Lipinski definition) is 4. The predicted molar refractivity (Wildman–Crippen MR) is 54.1 cm³/mol. The molecule has 1 fully saturated rings. The Bertz CT molecular complexity index is 276. The molecule has 0 unspecified atom stereocenters. The number of ether oxygens (including phenoxy) is 2. The number of hydrogen-bond donors (Lipinski definition) is 0. The van der Waals surface area contributed by atoms with Crippen molar-refractivity contribution in [3.8, 4) is 0 Å². The molecule has 0 aromatic carbocycles. The SMILES string of the molecule is CCOC(=O)/C=C(/C(=O)OCC)C1CC1. The van der Waals surface area contributed by atoms with Crippen LogP contribution < -0.4 is 0 Å². The molecule has 0 bridgehead atoms. The molecular weight excluding hydrogens is 196 g/mol. The first-order chi connectivity index (χ1) is 7.19. The minimum absolute atomic E-state index is 0.188. The van der Waals surface area contributed by atoms with E-state index in [9.17, 15) is 9.59 Å². The van der Waals surface area contributed by atoms with Crippen molar-refractivity contribution in [3.05, 3.63) is 11.6 Å². The number of carbonyl (C=O) groups is 2. The van der Waals surface area contributed by atoms with Crippen LogP contribution >= 0.6 is 0 Å². The molecule has 4 heteroatoms. The quantitative estimate of drug-likeness (QED) is 0.511. The largest absolute Gasteiger partial charge is 0.463 e. The van der Waals surface area contributed by atoms with Crippen molar-refractivity contribution in [1.29, 1.82) is 0 Å². The van der Waals surface area contributed by atoms with Gasteiger partial charge in [-0.05, 0) is 32.6 Å². The number of carbonyl (C=O) groups excluding carboxylic acids is 2. The molecule has 1 aliphatic rings. The maximum atomic E-state index is 11.5. The van der Waals surface area contributed by atoms with Crippen LogP contribution in [-0.4, -0.2) is 25.2 Å². The van der Waals surface area contributed by atoms with E-state index < -0.39 is 11.9 Å². The predicted octanol–water partition coefficient (Wildman–Crippen LogP) is 1.45. The summed E-state index contributed by atoms with van der Waals surface area (Å²) in [7, 11) is 0. The Morgan fingerprint density at radius 2 is 1.80 bits per heavy atom. The van der Waals surface area contributed by atoms with Crippen LogP contribution in [0.3, 0.4) is 0 Å². The molecule has 0 aliphatic heterocycles. The molecule has 84 valence electrons. The first-order valence-electron chi connectivity index (χ1n) is 5.24. The van der Waals surface area contributed by atoms with Gasteiger partial charge in [0.25, 0.3) is 0 Å². The van der Waals surface area contributed by atoms with Gasteiger partial charge in [-0.15, -0.1) is 0 Å². The van der Waals surface area contributed by atoms with Crippen LogP contribution in [0.15, 0.2) is 11.6 Å². The van der Waals surface area contributed by atoms with E-state index in [0.717, 1.165) is 12.8 Å². The standard InChI is InChI=1S/C11H16O4/c1-3-14-10(12)7-9(8-5-6-8)11(13)15-4-2/h7-8H,3-6H2,1-2H3/b9-7+. The Morgan fingerprint density at radius 3 is 2.27 bits per heavy atom. The highest BCUT2D eigenvalue weighted by atomic mass is 16.5. The van der Waals surface area contributed by atoms with E-state index in [4.69, 9.17) is 9.47 Å². The van der Waals surface area contributed by atoms with Crippen molar-refractivity contribution in [2.75, 3.05) is 13.2 Å². The average molecular weight is 212 g/mol. The third-order valence-corrected chi connectivity index (χ3v) is 2.09. The monoisotopic (exact) mass is 212 g/mol. The molecular formula is C11H16O4. The van der Waals surface area contributed by atoms with Crippen molar-refractivity contribution in [2.45, 2.75) is 26.7 Å². The first-order valence-corrected chi connectivity index (χ1v) is 5.24. The maximum Gasteiger partial charge on any atom is 0.334 e. The fraction of sp³-hybridized carbons (Fsp3) is 0.636. The van der Waals surface area contributed by atoms with E-state index in [1.54, 1.807) is 13.8 Å². The average Bonchev–Trinajstić information content (AvgIpc) is 2.98. The van der Waals surface area contributed by atoms with Crippen molar-refractivity contribution < 1.29 is 19.1 Å². The molecule has 0 radical (unpaired) electrons. The molecule has 15 heavy (non-hydrogen) atoms. The Labute approximate surface area is 89.2 Å². The van der Waals surface area contributed by atoms with E-state index in [0.29, 0.717) is 18.8 Å². The summed E-state index contributed by atoms with van der Waals surface area (Å²) in [6.45, 7) is 4.11. The van der Waals surface area contributed by atoms with Crippen LogP contribution in [0, 0.1) is 5.92 Å². The molecule has 0 N–H and O–H groups in total. The number of esters is 2. The summed E-state index contributed by atoms with van der Waals surface area (Å²) in [5.41, 5.74) is 0.454. The van der Waals surface area contributed by atoms with Gasteiger partial charge in [0.1, 0.15) is 0 Å². The normalized spacial score (nSPS) is 16.0. The zero-order valence-corrected chi connectivity index (χ0v) is 9.12. The van der Waals surface area contributed by atoms with Gasteiger partial charge in [-0.25, -0.2) is 9.59 Å². The molecule has 4 nitrogen and oxygen atoms in total. The third-order valence-electron chi connectivity index (χ3n) is 2.09. The zero-order chi connectivity index (χ0) is 11.3. The highest BCUT2D eigenvalue weighted by Crippen LogP contribution is 2.37. The topological polar surface area (TPSA) is 52.6 Å². The van der Waals surface area contributed by atoms with E-state index in [-0.39, 0.29) is 5.92 Å². The lowest BCUT2D eigenvalue weighted by atomic mass is 10.1. The summed E-state index contributed by atoms with van der Waals surface area (Å²) in [6.07, 6.45) is 3.16. The molecule has 0 heterocycles. The van der Waals surface area contributed by atoms with Gasteiger partial charge in [-0.2, -0.15) is 0 Å². The van der Waals surface area contributed by atoms with Gasteiger partial charge in [-0.1, -0.05) is 0 Å². The van der Waals surface area contributed by atoms with Gasteiger partial charge < -0.3 is 9.47 Å². The fourth-order valence-electron chi connectivity index (χ4n) is 1.26. The molecule has 0 amide bonds. The summed E-state index contributed by atoms with van der Waals surface area (Å²) >= 11 is 0. The zero-order valence-electron chi connectivity index (χ0n) is 9.12. The van der Waals surface area contributed by atoms with Gasteiger partial charge in [0, 0.05) is 11.6 Å². The Hall–Kier alpha value is -1.32. The van der Waals surface area contributed by atoms with Gasteiger partial charge >= 0.3 is 11.9 Å². The first kappa shape index (κ1) is 11.8. The Morgan fingerprint density at radius 1 is 1.20 bits per heavy atom. The van der Waals surface area contributed by atoms with Crippen molar-refractivity contribution in [3.63, 3.8) is 0 Å². The van der Waals surface area contributed by atoms with Crippen LogP contribution in [0.25, 0.3) is 0 Å². The molecule has 1 aliphatic carbocycles. The molecule has 1 saturated carbocycles. The van der Waals surface area contributed by atoms with Gasteiger partial charge in [0.2, 0.25) is 0 Å².